The van der Waals surface area contributed by atoms with Gasteiger partial charge in [-0.05, 0) is 31.2 Å². The number of ether oxygens (including phenoxy) is 1. The number of methoxy groups -OCH3 is 1. The average Bonchev–Trinajstić information content (AvgIpc) is 2.88. The van der Waals surface area contributed by atoms with Gasteiger partial charge in [-0.2, -0.15) is 5.26 Å². The molecule has 2 aromatic rings. The number of anilines is 1. The Balaban J connectivity index is 2.18. The standard InChI is InChI=1S/C14H11N3O4/c1-8-12(11(7-15)17-21-8)13(18)16-10-5-3-9(4-6-10)14(19)20-2/h3-6H,1-2H3,(H,16,18). The lowest BCUT2D eigenvalue weighted by Crippen LogP contribution is -2.14. The van der Waals surface area contributed by atoms with Crippen molar-refractivity contribution in [2.45, 2.75) is 6.92 Å². The van der Waals surface area contributed by atoms with Gasteiger partial charge in [-0.1, -0.05) is 5.16 Å². The third kappa shape index (κ3) is 2.90. The van der Waals surface area contributed by atoms with Gasteiger partial charge in [0.05, 0.1) is 12.7 Å². The molecular formula is C14H11N3O4. The van der Waals surface area contributed by atoms with E-state index in [0.29, 0.717) is 11.3 Å². The van der Waals surface area contributed by atoms with E-state index >= 15 is 0 Å². The van der Waals surface area contributed by atoms with Gasteiger partial charge in [0.2, 0.25) is 0 Å². The number of benzene rings is 1. The summed E-state index contributed by atoms with van der Waals surface area (Å²) < 4.78 is 9.40. The first-order valence-electron chi connectivity index (χ1n) is 5.93. The van der Waals surface area contributed by atoms with E-state index in [1.165, 1.54) is 19.2 Å². The molecule has 0 radical (unpaired) electrons. The molecule has 2 rings (SSSR count). The molecule has 106 valence electrons. The second-order valence-electron chi connectivity index (χ2n) is 4.10. The molecule has 0 aliphatic rings. The van der Waals surface area contributed by atoms with Crippen LogP contribution in [0.1, 0.15) is 32.2 Å². The van der Waals surface area contributed by atoms with E-state index in [1.807, 2.05) is 0 Å². The van der Waals surface area contributed by atoms with Crippen LogP contribution in [0.25, 0.3) is 0 Å². The molecule has 7 nitrogen and oxygen atoms in total. The Kier molecular flexibility index (Phi) is 4.00. The number of hydrogen-bond donors (Lipinski definition) is 1. The van der Waals surface area contributed by atoms with Crippen LogP contribution in [-0.4, -0.2) is 24.1 Å². The minimum atomic E-state index is -0.504. The molecule has 21 heavy (non-hydrogen) atoms. The molecule has 1 N–H and O–H groups in total. The van der Waals surface area contributed by atoms with Crippen molar-refractivity contribution >= 4 is 17.6 Å². The van der Waals surface area contributed by atoms with Gasteiger partial charge in [-0.15, -0.1) is 0 Å². The largest absolute Gasteiger partial charge is 0.465 e. The van der Waals surface area contributed by atoms with Crippen molar-refractivity contribution in [3.63, 3.8) is 0 Å². The predicted molar refractivity (Wildman–Crippen MR) is 71.7 cm³/mol. The predicted octanol–water partition coefficient (Wildman–Crippen LogP) is 1.89. The molecule has 1 aromatic heterocycles. The van der Waals surface area contributed by atoms with Gasteiger partial charge < -0.3 is 14.6 Å². The molecule has 0 saturated heterocycles. The van der Waals surface area contributed by atoms with Crippen LogP contribution in [-0.2, 0) is 4.74 Å². The van der Waals surface area contributed by atoms with Crippen LogP contribution >= 0.6 is 0 Å². The quantitative estimate of drug-likeness (QED) is 0.863. The number of amides is 1. The number of nitrogens with zero attached hydrogens (tertiary/aromatic N) is 2. The van der Waals surface area contributed by atoms with E-state index in [2.05, 4.69) is 15.2 Å². The molecule has 0 unspecified atom stereocenters. The molecule has 0 aliphatic heterocycles. The molecule has 1 aromatic carbocycles. The second-order valence-corrected chi connectivity index (χ2v) is 4.10. The van der Waals surface area contributed by atoms with Crippen molar-refractivity contribution in [2.75, 3.05) is 12.4 Å². The number of rotatable bonds is 3. The van der Waals surface area contributed by atoms with Gasteiger partial charge >= 0.3 is 5.97 Å². The normalized spacial score (nSPS) is 9.76. The number of carbonyl (C=O) groups excluding carboxylic acids is 2. The van der Waals surface area contributed by atoms with Gasteiger partial charge in [0, 0.05) is 5.69 Å². The van der Waals surface area contributed by atoms with Crippen LogP contribution in [0, 0.1) is 18.3 Å². The third-order valence-corrected chi connectivity index (χ3v) is 2.76. The van der Waals surface area contributed by atoms with E-state index in [-0.39, 0.29) is 17.0 Å². The van der Waals surface area contributed by atoms with Crippen LogP contribution < -0.4 is 5.32 Å². The van der Waals surface area contributed by atoms with Crippen LogP contribution in [0.4, 0.5) is 5.69 Å². The Labute approximate surface area is 120 Å². The van der Waals surface area contributed by atoms with Crippen LogP contribution in [0.15, 0.2) is 28.8 Å². The average molecular weight is 285 g/mol. The van der Waals surface area contributed by atoms with E-state index in [1.54, 1.807) is 25.1 Å². The lowest BCUT2D eigenvalue weighted by Gasteiger charge is -2.05. The first kappa shape index (κ1) is 14.3. The molecule has 7 heteroatoms. The Morgan fingerprint density at radius 1 is 1.33 bits per heavy atom. The molecule has 1 heterocycles. The van der Waals surface area contributed by atoms with Crippen LogP contribution in [0.5, 0.6) is 0 Å². The first-order valence-corrected chi connectivity index (χ1v) is 5.93. The Bertz CT molecular complexity index is 726. The van der Waals surface area contributed by atoms with Crippen molar-refractivity contribution in [1.29, 1.82) is 5.26 Å². The Morgan fingerprint density at radius 3 is 2.57 bits per heavy atom. The maximum Gasteiger partial charge on any atom is 0.337 e. The van der Waals surface area contributed by atoms with Crippen LogP contribution in [0.3, 0.4) is 0 Å². The number of aromatic nitrogens is 1. The molecule has 1 amide bonds. The van der Waals surface area contributed by atoms with E-state index < -0.39 is 11.9 Å². The monoisotopic (exact) mass is 285 g/mol. The number of nitriles is 1. The topological polar surface area (TPSA) is 105 Å². The highest BCUT2D eigenvalue weighted by Gasteiger charge is 2.20. The van der Waals surface area contributed by atoms with Gasteiger partial charge in [0.1, 0.15) is 17.4 Å². The Hall–Kier alpha value is -3.14. The molecule has 0 spiro atoms. The molecular weight excluding hydrogens is 274 g/mol. The first-order chi connectivity index (χ1) is 10.1. The zero-order chi connectivity index (χ0) is 15.4. The Morgan fingerprint density at radius 2 is 2.00 bits per heavy atom. The number of esters is 1. The molecule has 0 atom stereocenters. The highest BCUT2D eigenvalue weighted by molar-refractivity contribution is 6.06. The highest BCUT2D eigenvalue weighted by atomic mass is 16.5. The maximum atomic E-state index is 12.1. The van der Waals surface area contributed by atoms with Gasteiger partial charge in [-0.25, -0.2) is 4.79 Å². The minimum Gasteiger partial charge on any atom is -0.465 e. The fourth-order valence-electron chi connectivity index (χ4n) is 1.72. The fraction of sp³-hybridized carbons (Fsp3) is 0.143. The summed E-state index contributed by atoms with van der Waals surface area (Å²) in [6.07, 6.45) is 0. The van der Waals surface area contributed by atoms with Gasteiger partial charge in [-0.3, -0.25) is 4.79 Å². The molecule has 0 aliphatic carbocycles. The zero-order valence-electron chi connectivity index (χ0n) is 11.3. The molecule has 0 saturated carbocycles. The van der Waals surface area contributed by atoms with E-state index in [0.717, 1.165) is 0 Å². The number of hydrogen-bond acceptors (Lipinski definition) is 6. The molecule has 0 bridgehead atoms. The number of nitrogens with one attached hydrogen (secondary N) is 1. The fourth-order valence-corrected chi connectivity index (χ4v) is 1.72. The van der Waals surface area contributed by atoms with E-state index in [4.69, 9.17) is 9.78 Å². The summed E-state index contributed by atoms with van der Waals surface area (Å²) in [5.74, 6) is -0.708. The highest BCUT2D eigenvalue weighted by Crippen LogP contribution is 2.16. The number of aryl methyl sites for hydroxylation is 1. The lowest BCUT2D eigenvalue weighted by atomic mass is 10.1. The van der Waals surface area contributed by atoms with Gasteiger partial charge in [0.15, 0.2) is 5.69 Å². The number of carbonyl (C=O) groups is 2. The van der Waals surface area contributed by atoms with Gasteiger partial charge in [0.25, 0.3) is 5.91 Å². The third-order valence-electron chi connectivity index (χ3n) is 2.76. The summed E-state index contributed by atoms with van der Waals surface area (Å²) in [7, 11) is 1.29. The lowest BCUT2D eigenvalue weighted by molar-refractivity contribution is 0.0600. The zero-order valence-corrected chi connectivity index (χ0v) is 11.3. The summed E-state index contributed by atoms with van der Waals surface area (Å²) in [5.41, 5.74) is 0.859. The van der Waals surface area contributed by atoms with Crippen molar-refractivity contribution < 1.29 is 18.8 Å². The van der Waals surface area contributed by atoms with Crippen molar-refractivity contribution in [1.82, 2.24) is 5.16 Å². The second kappa shape index (κ2) is 5.88. The SMILES string of the molecule is COC(=O)c1ccc(NC(=O)c2c(C#N)noc2C)cc1. The molecule has 0 fully saturated rings. The summed E-state index contributed by atoms with van der Waals surface area (Å²) >= 11 is 0. The van der Waals surface area contributed by atoms with Crippen LogP contribution in [0.2, 0.25) is 0 Å². The smallest absolute Gasteiger partial charge is 0.337 e. The van der Waals surface area contributed by atoms with E-state index in [9.17, 15) is 9.59 Å². The summed E-state index contributed by atoms with van der Waals surface area (Å²) in [6.45, 7) is 1.54. The summed E-state index contributed by atoms with van der Waals surface area (Å²) in [6, 6.07) is 7.94. The van der Waals surface area contributed by atoms with Crippen molar-refractivity contribution in [3.8, 4) is 6.07 Å². The summed E-state index contributed by atoms with van der Waals surface area (Å²) in [5, 5.41) is 15.0. The maximum absolute atomic E-state index is 12.1. The minimum absolute atomic E-state index is 0.0730. The summed E-state index contributed by atoms with van der Waals surface area (Å²) in [4.78, 5) is 23.4. The van der Waals surface area contributed by atoms with Crippen molar-refractivity contribution in [3.05, 3.63) is 46.8 Å². The van der Waals surface area contributed by atoms with Crippen molar-refractivity contribution in [2.24, 2.45) is 0 Å².